The van der Waals surface area contributed by atoms with Gasteiger partial charge in [0.1, 0.15) is 0 Å². The lowest BCUT2D eigenvalue weighted by molar-refractivity contribution is -0.129. The molecule has 0 atom stereocenters. The molecule has 1 aliphatic heterocycles. The Balaban J connectivity index is 0.000000771. The Kier molecular flexibility index (Phi) is 5.90. The maximum Gasteiger partial charge on any atom is 0.219 e. The van der Waals surface area contributed by atoms with Crippen LogP contribution in [0.4, 0.5) is 0 Å². The molecule has 1 aromatic rings. The summed E-state index contributed by atoms with van der Waals surface area (Å²) >= 11 is 0. The molecule has 0 bridgehead atoms. The molecule has 1 aromatic carbocycles. The van der Waals surface area contributed by atoms with Gasteiger partial charge in [-0.1, -0.05) is 43.7 Å². The summed E-state index contributed by atoms with van der Waals surface area (Å²) in [5.74, 6) is 0.846. The van der Waals surface area contributed by atoms with Gasteiger partial charge in [-0.15, -0.1) is 0 Å². The first-order valence-electron chi connectivity index (χ1n) is 6.99. The van der Waals surface area contributed by atoms with E-state index in [9.17, 15) is 4.79 Å². The number of nitrogens with zero attached hydrogens (tertiary/aromatic N) is 1. The monoisotopic (exact) mass is 247 g/mol. The molecule has 1 amide bonds. The quantitative estimate of drug-likeness (QED) is 0.740. The summed E-state index contributed by atoms with van der Waals surface area (Å²) in [4.78, 5) is 13.2. The Morgan fingerprint density at radius 2 is 1.61 bits per heavy atom. The van der Waals surface area contributed by atoms with Crippen molar-refractivity contribution in [3.8, 4) is 0 Å². The molecule has 1 saturated heterocycles. The fourth-order valence-electron chi connectivity index (χ4n) is 2.37. The van der Waals surface area contributed by atoms with Gasteiger partial charge in [-0.3, -0.25) is 4.79 Å². The molecular weight excluding hydrogens is 222 g/mol. The van der Waals surface area contributed by atoms with Gasteiger partial charge in [-0.2, -0.15) is 0 Å². The van der Waals surface area contributed by atoms with Crippen LogP contribution in [-0.4, -0.2) is 23.9 Å². The largest absolute Gasteiger partial charge is 0.343 e. The van der Waals surface area contributed by atoms with E-state index < -0.39 is 0 Å². The van der Waals surface area contributed by atoms with Gasteiger partial charge in [0.15, 0.2) is 0 Å². The summed E-state index contributed by atoms with van der Waals surface area (Å²) in [6.45, 7) is 9.59. The molecule has 0 unspecified atom stereocenters. The minimum Gasteiger partial charge on any atom is -0.343 e. The molecule has 1 heterocycles. The van der Waals surface area contributed by atoms with Gasteiger partial charge >= 0.3 is 0 Å². The molecule has 100 valence electrons. The van der Waals surface area contributed by atoms with Crippen LogP contribution in [0.3, 0.4) is 0 Å². The van der Waals surface area contributed by atoms with E-state index in [4.69, 9.17) is 0 Å². The Bertz CT molecular complexity index is 361. The highest BCUT2D eigenvalue weighted by Gasteiger charge is 2.21. The van der Waals surface area contributed by atoms with Crippen LogP contribution in [0.25, 0.3) is 0 Å². The van der Waals surface area contributed by atoms with E-state index in [1.165, 1.54) is 11.1 Å². The van der Waals surface area contributed by atoms with E-state index >= 15 is 0 Å². The van der Waals surface area contributed by atoms with E-state index in [1.807, 2.05) is 18.7 Å². The SMILES string of the molecule is CC.CC(=O)N1CCC(c2ccc(C)cc2)CC1. The van der Waals surface area contributed by atoms with Crippen LogP contribution < -0.4 is 0 Å². The fourth-order valence-corrected chi connectivity index (χ4v) is 2.37. The van der Waals surface area contributed by atoms with Crippen molar-refractivity contribution in [2.24, 2.45) is 0 Å². The number of hydrogen-bond donors (Lipinski definition) is 0. The smallest absolute Gasteiger partial charge is 0.219 e. The Hall–Kier alpha value is -1.31. The predicted octanol–water partition coefficient (Wildman–Crippen LogP) is 3.75. The molecule has 0 aliphatic carbocycles. The van der Waals surface area contributed by atoms with Gasteiger partial charge in [-0.25, -0.2) is 0 Å². The zero-order valence-corrected chi connectivity index (χ0v) is 12.1. The molecular formula is C16H25NO. The van der Waals surface area contributed by atoms with Crippen LogP contribution >= 0.6 is 0 Å². The summed E-state index contributed by atoms with van der Waals surface area (Å²) in [7, 11) is 0. The Morgan fingerprint density at radius 3 is 2.06 bits per heavy atom. The second-order valence-electron chi connectivity index (χ2n) is 4.69. The van der Waals surface area contributed by atoms with Gasteiger partial charge in [0.2, 0.25) is 5.91 Å². The number of hydrogen-bond acceptors (Lipinski definition) is 1. The van der Waals surface area contributed by atoms with Crippen LogP contribution in [0, 0.1) is 6.92 Å². The number of rotatable bonds is 1. The van der Waals surface area contributed by atoms with Crippen molar-refractivity contribution in [1.29, 1.82) is 0 Å². The molecule has 0 saturated carbocycles. The summed E-state index contributed by atoms with van der Waals surface area (Å²) in [6, 6.07) is 8.80. The normalized spacial score (nSPS) is 15.9. The summed E-state index contributed by atoms with van der Waals surface area (Å²) in [5, 5.41) is 0. The minimum absolute atomic E-state index is 0.211. The van der Waals surface area contributed by atoms with Crippen molar-refractivity contribution in [3.05, 3.63) is 35.4 Å². The third-order valence-corrected chi connectivity index (χ3v) is 3.49. The first-order chi connectivity index (χ1) is 8.66. The molecule has 18 heavy (non-hydrogen) atoms. The van der Waals surface area contributed by atoms with Crippen LogP contribution in [0.15, 0.2) is 24.3 Å². The van der Waals surface area contributed by atoms with E-state index in [-0.39, 0.29) is 5.91 Å². The first-order valence-corrected chi connectivity index (χ1v) is 6.99. The number of carbonyl (C=O) groups is 1. The summed E-state index contributed by atoms with van der Waals surface area (Å²) in [6.07, 6.45) is 2.20. The van der Waals surface area contributed by atoms with E-state index in [2.05, 4.69) is 31.2 Å². The van der Waals surface area contributed by atoms with E-state index in [0.717, 1.165) is 25.9 Å². The van der Waals surface area contributed by atoms with Crippen molar-refractivity contribution in [3.63, 3.8) is 0 Å². The second kappa shape index (κ2) is 7.20. The molecule has 2 rings (SSSR count). The van der Waals surface area contributed by atoms with Crippen LogP contribution in [-0.2, 0) is 4.79 Å². The van der Waals surface area contributed by atoms with Crippen LogP contribution in [0.2, 0.25) is 0 Å². The zero-order chi connectivity index (χ0) is 13.5. The number of piperidine rings is 1. The van der Waals surface area contributed by atoms with Crippen molar-refractivity contribution in [2.75, 3.05) is 13.1 Å². The van der Waals surface area contributed by atoms with E-state index in [0.29, 0.717) is 5.92 Å². The van der Waals surface area contributed by atoms with E-state index in [1.54, 1.807) is 6.92 Å². The fraction of sp³-hybridized carbons (Fsp3) is 0.562. The van der Waals surface area contributed by atoms with Crippen LogP contribution in [0.5, 0.6) is 0 Å². The number of likely N-dealkylation sites (tertiary alicyclic amines) is 1. The second-order valence-corrected chi connectivity index (χ2v) is 4.69. The maximum absolute atomic E-state index is 11.2. The van der Waals surface area contributed by atoms with Gasteiger partial charge in [0.25, 0.3) is 0 Å². The topological polar surface area (TPSA) is 20.3 Å². The predicted molar refractivity (Wildman–Crippen MR) is 76.8 cm³/mol. The summed E-state index contributed by atoms with van der Waals surface area (Å²) in [5.41, 5.74) is 2.73. The lowest BCUT2D eigenvalue weighted by Crippen LogP contribution is -2.36. The van der Waals surface area contributed by atoms with Gasteiger partial charge in [-0.05, 0) is 31.2 Å². The molecule has 1 fully saturated rings. The molecule has 0 radical (unpaired) electrons. The third kappa shape index (κ3) is 3.86. The molecule has 0 aromatic heterocycles. The number of carbonyl (C=O) groups excluding carboxylic acids is 1. The molecule has 0 N–H and O–H groups in total. The van der Waals surface area contributed by atoms with Crippen molar-refractivity contribution in [1.82, 2.24) is 4.90 Å². The van der Waals surface area contributed by atoms with Gasteiger partial charge in [0, 0.05) is 20.0 Å². The molecule has 2 heteroatoms. The van der Waals surface area contributed by atoms with Gasteiger partial charge in [0.05, 0.1) is 0 Å². The first kappa shape index (κ1) is 14.7. The zero-order valence-electron chi connectivity index (χ0n) is 12.1. The Morgan fingerprint density at radius 1 is 1.11 bits per heavy atom. The van der Waals surface area contributed by atoms with Crippen molar-refractivity contribution >= 4 is 5.91 Å². The molecule has 2 nitrogen and oxygen atoms in total. The minimum atomic E-state index is 0.211. The average molecular weight is 247 g/mol. The lowest BCUT2D eigenvalue weighted by Gasteiger charge is -2.31. The maximum atomic E-state index is 11.2. The van der Waals surface area contributed by atoms with Crippen LogP contribution in [0.1, 0.15) is 50.7 Å². The van der Waals surface area contributed by atoms with Crippen molar-refractivity contribution in [2.45, 2.75) is 46.5 Å². The van der Waals surface area contributed by atoms with Crippen molar-refractivity contribution < 1.29 is 4.79 Å². The molecule has 1 aliphatic rings. The highest BCUT2D eigenvalue weighted by atomic mass is 16.2. The highest BCUT2D eigenvalue weighted by Crippen LogP contribution is 2.27. The molecule has 0 spiro atoms. The third-order valence-electron chi connectivity index (χ3n) is 3.49. The average Bonchev–Trinajstić information content (AvgIpc) is 2.42. The number of aryl methyl sites for hydroxylation is 1. The number of benzene rings is 1. The van der Waals surface area contributed by atoms with Gasteiger partial charge < -0.3 is 4.90 Å². The standard InChI is InChI=1S/C14H19NO.C2H6/c1-11-3-5-13(6-4-11)14-7-9-15(10-8-14)12(2)16;1-2/h3-6,14H,7-10H2,1-2H3;1-2H3. The summed E-state index contributed by atoms with van der Waals surface area (Å²) < 4.78 is 0. The Labute approximate surface area is 111 Å². The number of amides is 1. The highest BCUT2D eigenvalue weighted by molar-refractivity contribution is 5.73. The lowest BCUT2D eigenvalue weighted by atomic mass is 9.89.